The Morgan fingerprint density at radius 3 is 1.83 bits per heavy atom. The van der Waals surface area contributed by atoms with E-state index in [1.54, 1.807) is 12.1 Å². The molecule has 0 saturated carbocycles. The molecule has 0 saturated heterocycles. The molecule has 5 heteroatoms. The van der Waals surface area contributed by atoms with Crippen molar-refractivity contribution in [2.24, 2.45) is 5.10 Å². The predicted molar refractivity (Wildman–Crippen MR) is 122 cm³/mol. The van der Waals surface area contributed by atoms with E-state index in [0.717, 1.165) is 11.1 Å². The molecule has 3 aromatic carbocycles. The van der Waals surface area contributed by atoms with E-state index in [1.165, 1.54) is 6.07 Å². The summed E-state index contributed by atoms with van der Waals surface area (Å²) in [5.41, 5.74) is 5.59. The summed E-state index contributed by atoms with van der Waals surface area (Å²) in [6.07, 6.45) is 7.53. The van der Waals surface area contributed by atoms with Crippen molar-refractivity contribution in [3.8, 4) is 0 Å². The van der Waals surface area contributed by atoms with Crippen molar-refractivity contribution in [3.63, 3.8) is 0 Å². The van der Waals surface area contributed by atoms with Gasteiger partial charge in [-0.3, -0.25) is 4.79 Å². The second-order valence-corrected chi connectivity index (χ2v) is 6.91. The number of benzene rings is 3. The lowest BCUT2D eigenvalue weighted by molar-refractivity contribution is 0.0955. The number of nitrogens with zero attached hydrogens (tertiary/aromatic N) is 1. The van der Waals surface area contributed by atoms with Gasteiger partial charge in [-0.1, -0.05) is 96.0 Å². The molecule has 29 heavy (non-hydrogen) atoms. The summed E-state index contributed by atoms with van der Waals surface area (Å²) in [4.78, 5) is 12.4. The van der Waals surface area contributed by atoms with E-state index >= 15 is 0 Å². The molecule has 0 spiro atoms. The van der Waals surface area contributed by atoms with Crippen LogP contribution in [-0.4, -0.2) is 11.6 Å². The second-order valence-electron chi connectivity index (χ2n) is 6.09. The van der Waals surface area contributed by atoms with Crippen molar-refractivity contribution in [3.05, 3.63) is 118 Å². The van der Waals surface area contributed by atoms with Gasteiger partial charge >= 0.3 is 0 Å². The number of carbonyl (C=O) groups excluding carboxylic acids is 1. The smallest absolute Gasteiger partial charge is 0.267 e. The van der Waals surface area contributed by atoms with Gasteiger partial charge in [0.15, 0.2) is 0 Å². The monoisotopic (exact) mass is 420 g/mol. The standard InChI is InChI=1S/C24H18Cl2N2O/c25-22-16-13-20(17-23(22)26)24(29)28-27-21(14-11-18-7-3-1-4-8-18)15-12-19-9-5-2-6-10-19/h1-17H,(H,28,29). The van der Waals surface area contributed by atoms with Crippen LogP contribution in [0.15, 0.2) is 96.1 Å². The van der Waals surface area contributed by atoms with Gasteiger partial charge in [-0.2, -0.15) is 5.10 Å². The Bertz CT molecular complexity index is 1010. The molecule has 0 heterocycles. The molecule has 3 aromatic rings. The minimum atomic E-state index is -0.373. The molecule has 1 N–H and O–H groups in total. The number of allylic oxidation sites excluding steroid dienone is 2. The van der Waals surface area contributed by atoms with Gasteiger partial charge in [0.25, 0.3) is 5.91 Å². The Morgan fingerprint density at radius 2 is 1.31 bits per heavy atom. The van der Waals surface area contributed by atoms with Crippen LogP contribution in [0.3, 0.4) is 0 Å². The fourth-order valence-corrected chi connectivity index (χ4v) is 2.74. The molecule has 0 unspecified atom stereocenters. The Balaban J connectivity index is 1.80. The first-order valence-electron chi connectivity index (χ1n) is 8.91. The van der Waals surface area contributed by atoms with Crippen LogP contribution in [-0.2, 0) is 0 Å². The Labute approximate surface area is 180 Å². The predicted octanol–water partition coefficient (Wildman–Crippen LogP) is 6.51. The lowest BCUT2D eigenvalue weighted by atomic mass is 10.1. The molecule has 144 valence electrons. The first kappa shape index (κ1) is 20.6. The van der Waals surface area contributed by atoms with Crippen molar-refractivity contribution < 1.29 is 4.79 Å². The summed E-state index contributed by atoms with van der Waals surface area (Å²) < 4.78 is 0. The Hall–Kier alpha value is -3.14. The number of hydrogen-bond acceptors (Lipinski definition) is 2. The SMILES string of the molecule is O=C(NN=C(C=Cc1ccccc1)C=Cc1ccccc1)c1ccc(Cl)c(Cl)c1. The lowest BCUT2D eigenvalue weighted by Gasteiger charge is -2.03. The summed E-state index contributed by atoms with van der Waals surface area (Å²) in [7, 11) is 0. The van der Waals surface area contributed by atoms with Gasteiger partial charge in [-0.15, -0.1) is 0 Å². The third-order valence-electron chi connectivity index (χ3n) is 3.96. The molecular weight excluding hydrogens is 403 g/mol. The largest absolute Gasteiger partial charge is 0.271 e. The minimum Gasteiger partial charge on any atom is -0.267 e. The number of hydrogen-bond donors (Lipinski definition) is 1. The van der Waals surface area contributed by atoms with Crippen LogP contribution in [0.4, 0.5) is 0 Å². The van der Waals surface area contributed by atoms with E-state index in [4.69, 9.17) is 23.2 Å². The fourth-order valence-electron chi connectivity index (χ4n) is 2.44. The molecule has 3 rings (SSSR count). The van der Waals surface area contributed by atoms with E-state index in [0.29, 0.717) is 21.3 Å². The summed E-state index contributed by atoms with van der Waals surface area (Å²) in [5.74, 6) is -0.373. The molecule has 0 aromatic heterocycles. The van der Waals surface area contributed by atoms with E-state index in [9.17, 15) is 4.79 Å². The highest BCUT2D eigenvalue weighted by Gasteiger charge is 2.07. The molecule has 0 aliphatic carbocycles. The minimum absolute atomic E-state index is 0.316. The molecule has 0 aliphatic heterocycles. The van der Waals surface area contributed by atoms with E-state index in [1.807, 2.05) is 85.0 Å². The van der Waals surface area contributed by atoms with Gasteiger partial charge in [-0.05, 0) is 41.5 Å². The molecule has 1 amide bonds. The van der Waals surface area contributed by atoms with Crippen LogP contribution < -0.4 is 5.43 Å². The van der Waals surface area contributed by atoms with Crippen molar-refractivity contribution in [2.75, 3.05) is 0 Å². The van der Waals surface area contributed by atoms with Crippen molar-refractivity contribution >= 4 is 47.0 Å². The van der Waals surface area contributed by atoms with Gasteiger partial charge in [0, 0.05) is 5.56 Å². The number of rotatable bonds is 6. The number of halogens is 2. The number of amides is 1. The quantitative estimate of drug-likeness (QED) is 0.358. The van der Waals surface area contributed by atoms with Crippen LogP contribution in [0.25, 0.3) is 12.2 Å². The highest BCUT2D eigenvalue weighted by molar-refractivity contribution is 6.42. The average molecular weight is 421 g/mol. The third kappa shape index (κ3) is 6.46. The van der Waals surface area contributed by atoms with Crippen LogP contribution in [0.1, 0.15) is 21.5 Å². The van der Waals surface area contributed by atoms with E-state index in [-0.39, 0.29) is 5.91 Å². The molecular formula is C24H18Cl2N2O. The molecule has 0 radical (unpaired) electrons. The molecule has 0 fully saturated rings. The third-order valence-corrected chi connectivity index (χ3v) is 4.70. The van der Waals surface area contributed by atoms with Crippen molar-refractivity contribution in [1.29, 1.82) is 0 Å². The van der Waals surface area contributed by atoms with Crippen molar-refractivity contribution in [1.82, 2.24) is 5.43 Å². The van der Waals surface area contributed by atoms with Gasteiger partial charge in [0.2, 0.25) is 0 Å². The fraction of sp³-hybridized carbons (Fsp3) is 0. The maximum Gasteiger partial charge on any atom is 0.271 e. The Kier molecular flexibility index (Phi) is 7.40. The van der Waals surface area contributed by atoms with E-state index < -0.39 is 0 Å². The number of carbonyl (C=O) groups is 1. The molecule has 0 aliphatic rings. The molecule has 0 bridgehead atoms. The highest BCUT2D eigenvalue weighted by atomic mass is 35.5. The zero-order valence-corrected chi connectivity index (χ0v) is 16.9. The Morgan fingerprint density at radius 1 is 0.759 bits per heavy atom. The van der Waals surface area contributed by atoms with Crippen LogP contribution in [0.5, 0.6) is 0 Å². The summed E-state index contributed by atoms with van der Waals surface area (Å²) in [6, 6.07) is 24.4. The lowest BCUT2D eigenvalue weighted by Crippen LogP contribution is -2.18. The zero-order chi connectivity index (χ0) is 20.5. The summed E-state index contributed by atoms with van der Waals surface area (Å²) in [5, 5.41) is 4.96. The maximum absolute atomic E-state index is 12.4. The highest BCUT2D eigenvalue weighted by Crippen LogP contribution is 2.22. The number of hydrazone groups is 1. The maximum atomic E-state index is 12.4. The normalized spacial score (nSPS) is 11.0. The first-order chi connectivity index (χ1) is 14.1. The second kappa shape index (κ2) is 10.4. The van der Waals surface area contributed by atoms with Crippen LogP contribution in [0, 0.1) is 0 Å². The van der Waals surface area contributed by atoms with Crippen molar-refractivity contribution in [2.45, 2.75) is 0 Å². The topological polar surface area (TPSA) is 41.5 Å². The van der Waals surface area contributed by atoms with Crippen LogP contribution in [0.2, 0.25) is 10.0 Å². The van der Waals surface area contributed by atoms with E-state index in [2.05, 4.69) is 10.5 Å². The first-order valence-corrected chi connectivity index (χ1v) is 9.67. The van der Waals surface area contributed by atoms with Crippen LogP contribution >= 0.6 is 23.2 Å². The molecule has 0 atom stereocenters. The average Bonchev–Trinajstić information content (AvgIpc) is 2.76. The van der Waals surface area contributed by atoms with Gasteiger partial charge < -0.3 is 0 Å². The number of nitrogens with one attached hydrogen (secondary N) is 1. The zero-order valence-electron chi connectivity index (χ0n) is 15.4. The van der Waals surface area contributed by atoms with Gasteiger partial charge in [-0.25, -0.2) is 5.43 Å². The summed E-state index contributed by atoms with van der Waals surface area (Å²) >= 11 is 11.9. The summed E-state index contributed by atoms with van der Waals surface area (Å²) in [6.45, 7) is 0. The van der Waals surface area contributed by atoms with Gasteiger partial charge in [0.1, 0.15) is 0 Å². The van der Waals surface area contributed by atoms with Gasteiger partial charge in [0.05, 0.1) is 15.8 Å². The molecule has 3 nitrogen and oxygen atoms in total.